The summed E-state index contributed by atoms with van der Waals surface area (Å²) in [7, 11) is 0. The van der Waals surface area contributed by atoms with Gasteiger partial charge in [0.2, 0.25) is 0 Å². The van der Waals surface area contributed by atoms with E-state index in [-0.39, 0.29) is 11.3 Å². The van der Waals surface area contributed by atoms with Gasteiger partial charge >= 0.3 is 6.18 Å². The van der Waals surface area contributed by atoms with Crippen molar-refractivity contribution in [3.63, 3.8) is 0 Å². The second-order valence-electron chi connectivity index (χ2n) is 8.28. The summed E-state index contributed by atoms with van der Waals surface area (Å²) in [5.41, 5.74) is 0.262. The molecule has 1 aliphatic carbocycles. The van der Waals surface area contributed by atoms with Gasteiger partial charge in [0, 0.05) is 6.61 Å². The van der Waals surface area contributed by atoms with Crippen molar-refractivity contribution in [1.82, 2.24) is 9.80 Å². The molecule has 1 saturated carbocycles. The maximum absolute atomic E-state index is 13.8. The van der Waals surface area contributed by atoms with E-state index in [4.69, 9.17) is 4.74 Å². The zero-order chi connectivity index (χ0) is 20.1. The Morgan fingerprint density at radius 2 is 1.56 bits per heavy atom. The average molecular weight is 393 g/mol. The summed E-state index contributed by atoms with van der Waals surface area (Å²) in [5.74, 6) is -0.241. The van der Waals surface area contributed by atoms with Crippen molar-refractivity contribution in [3.8, 4) is 0 Å². The molecule has 1 spiro atoms. The van der Waals surface area contributed by atoms with E-state index in [0.29, 0.717) is 32.0 Å². The van der Waals surface area contributed by atoms with Crippen LogP contribution in [0.4, 0.5) is 13.2 Å². The van der Waals surface area contributed by atoms with Crippen LogP contribution in [0.1, 0.15) is 66.2 Å². The number of alkyl halides is 3. The van der Waals surface area contributed by atoms with Crippen LogP contribution in [0.5, 0.6) is 0 Å². The number of hydrogen-bond acceptors (Lipinski definition) is 3. The molecule has 0 N–H and O–H groups in total. The fourth-order valence-electron chi connectivity index (χ4n) is 5.30. The fraction of sp³-hybridized carbons (Fsp3) is 1.00. The molecule has 0 aromatic heterocycles. The highest BCUT2D eigenvalue weighted by molar-refractivity contribution is 5.00. The highest BCUT2D eigenvalue weighted by atomic mass is 19.4. The average Bonchev–Trinajstić information content (AvgIpc) is 2.63. The fourth-order valence-corrected chi connectivity index (χ4v) is 5.30. The molecular weight excluding hydrogens is 353 g/mol. The zero-order valence-corrected chi connectivity index (χ0v) is 17.7. The van der Waals surface area contributed by atoms with Crippen LogP contribution in [-0.2, 0) is 4.74 Å². The molecule has 2 heterocycles. The molecule has 3 fully saturated rings. The van der Waals surface area contributed by atoms with Crippen LogP contribution in [0, 0.1) is 11.3 Å². The van der Waals surface area contributed by atoms with Crippen LogP contribution in [0.15, 0.2) is 0 Å². The number of ether oxygens (including phenoxy) is 1. The molecule has 1 unspecified atom stereocenters. The minimum atomic E-state index is -4.11. The van der Waals surface area contributed by atoms with Crippen molar-refractivity contribution < 1.29 is 17.9 Å². The summed E-state index contributed by atoms with van der Waals surface area (Å²) < 4.78 is 47.2. The molecule has 2 saturated heterocycles. The van der Waals surface area contributed by atoms with Gasteiger partial charge in [0.25, 0.3) is 0 Å². The molecule has 3 aliphatic rings. The van der Waals surface area contributed by atoms with Crippen LogP contribution in [-0.4, -0.2) is 67.5 Å². The summed E-state index contributed by atoms with van der Waals surface area (Å²) in [6.07, 6.45) is 1.46. The van der Waals surface area contributed by atoms with Gasteiger partial charge in [0.15, 0.2) is 0 Å². The van der Waals surface area contributed by atoms with Gasteiger partial charge in [-0.2, -0.15) is 13.2 Å². The minimum absolute atomic E-state index is 0.241. The molecule has 3 rings (SSSR count). The van der Waals surface area contributed by atoms with Gasteiger partial charge in [-0.25, -0.2) is 0 Å². The lowest BCUT2D eigenvalue weighted by atomic mass is 9.61. The molecule has 27 heavy (non-hydrogen) atoms. The number of nitrogens with zero attached hydrogens (tertiary/aromatic N) is 2. The predicted molar refractivity (Wildman–Crippen MR) is 104 cm³/mol. The van der Waals surface area contributed by atoms with Gasteiger partial charge in [-0.1, -0.05) is 20.8 Å². The Morgan fingerprint density at radius 1 is 1.00 bits per heavy atom. The molecular formula is C21H39F3N2O. The number of halogens is 3. The Morgan fingerprint density at radius 3 is 2.00 bits per heavy atom. The molecule has 1 atom stereocenters. The first-order valence-electron chi connectivity index (χ1n) is 11.0. The normalized spacial score (nSPS) is 26.3. The highest BCUT2D eigenvalue weighted by Gasteiger charge is 2.52. The van der Waals surface area contributed by atoms with E-state index < -0.39 is 12.2 Å². The number of rotatable bonds is 5. The van der Waals surface area contributed by atoms with E-state index in [1.165, 1.54) is 0 Å². The lowest BCUT2D eigenvalue weighted by molar-refractivity contribution is -0.211. The Hall–Kier alpha value is -0.330. The molecule has 160 valence electrons. The number of hydrogen-bond donors (Lipinski definition) is 0. The molecule has 3 nitrogen and oxygen atoms in total. The van der Waals surface area contributed by atoms with E-state index in [0.717, 1.165) is 51.9 Å². The van der Waals surface area contributed by atoms with Crippen molar-refractivity contribution in [1.29, 1.82) is 0 Å². The quantitative estimate of drug-likeness (QED) is 0.658. The van der Waals surface area contributed by atoms with Crippen LogP contribution in [0.25, 0.3) is 0 Å². The van der Waals surface area contributed by atoms with E-state index in [2.05, 4.69) is 11.8 Å². The van der Waals surface area contributed by atoms with Crippen molar-refractivity contribution in [2.75, 3.05) is 39.3 Å². The molecule has 0 amide bonds. The van der Waals surface area contributed by atoms with Crippen LogP contribution < -0.4 is 0 Å². The summed E-state index contributed by atoms with van der Waals surface area (Å²) in [6, 6.07) is -1.24. The zero-order valence-electron chi connectivity index (χ0n) is 17.7. The van der Waals surface area contributed by atoms with E-state index in [1.807, 2.05) is 20.8 Å². The van der Waals surface area contributed by atoms with Crippen molar-refractivity contribution in [2.24, 2.45) is 11.3 Å². The van der Waals surface area contributed by atoms with E-state index >= 15 is 0 Å². The third kappa shape index (κ3) is 5.60. The lowest BCUT2D eigenvalue weighted by Gasteiger charge is -2.54. The van der Waals surface area contributed by atoms with Gasteiger partial charge < -0.3 is 9.64 Å². The first-order valence-corrected chi connectivity index (χ1v) is 11.0. The first kappa shape index (κ1) is 23.0. The van der Waals surface area contributed by atoms with E-state index in [1.54, 1.807) is 4.90 Å². The highest BCUT2D eigenvalue weighted by Crippen LogP contribution is 2.51. The van der Waals surface area contributed by atoms with Crippen molar-refractivity contribution >= 4 is 0 Å². The molecule has 0 aromatic rings. The summed E-state index contributed by atoms with van der Waals surface area (Å²) in [5, 5.41) is 0. The Bertz CT molecular complexity index is 420. The Balaban J connectivity index is 0.00000126. The molecule has 0 aromatic carbocycles. The Labute approximate surface area is 163 Å². The van der Waals surface area contributed by atoms with Gasteiger partial charge in [-0.15, -0.1) is 0 Å². The molecule has 0 bridgehead atoms. The predicted octanol–water partition coefficient (Wildman–Crippen LogP) is 4.96. The van der Waals surface area contributed by atoms with Crippen molar-refractivity contribution in [2.45, 2.75) is 84.5 Å². The maximum atomic E-state index is 13.8. The van der Waals surface area contributed by atoms with E-state index in [9.17, 15) is 13.2 Å². The monoisotopic (exact) mass is 392 g/mol. The standard InChI is InChI=1S/C19H33F3N2O.C2H6/c1-3-23-9-5-15(6-10-23)17(19(20,21)22)24-11-7-18(8-12-24)13-16(14-18)25-4-2;1-2/h15-17H,3-14H2,1-2H3;1-2H3. The second-order valence-corrected chi connectivity index (χ2v) is 8.28. The van der Waals surface area contributed by atoms with Gasteiger partial charge in [0.1, 0.15) is 6.04 Å². The molecule has 0 radical (unpaired) electrons. The summed E-state index contributed by atoms with van der Waals surface area (Å²) >= 11 is 0. The largest absolute Gasteiger partial charge is 0.404 e. The van der Waals surface area contributed by atoms with Crippen molar-refractivity contribution in [3.05, 3.63) is 0 Å². The smallest absolute Gasteiger partial charge is 0.378 e. The third-order valence-electron chi connectivity index (χ3n) is 6.84. The third-order valence-corrected chi connectivity index (χ3v) is 6.84. The SMILES string of the molecule is CC.CCOC1CC2(CCN(C(C3CCN(CC)CC3)C(F)(F)F)CC2)C1. The first-order chi connectivity index (χ1) is 12.9. The number of likely N-dealkylation sites (tertiary alicyclic amines) is 2. The van der Waals surface area contributed by atoms with Crippen LogP contribution >= 0.6 is 0 Å². The summed E-state index contributed by atoms with van der Waals surface area (Å²) in [4.78, 5) is 4.02. The topological polar surface area (TPSA) is 15.7 Å². The van der Waals surface area contributed by atoms with Gasteiger partial charge in [-0.05, 0) is 89.5 Å². The minimum Gasteiger partial charge on any atom is -0.378 e. The van der Waals surface area contributed by atoms with Crippen LogP contribution in [0.3, 0.4) is 0 Å². The molecule has 2 aliphatic heterocycles. The number of piperidine rings is 2. The van der Waals surface area contributed by atoms with Crippen LogP contribution in [0.2, 0.25) is 0 Å². The molecule has 6 heteroatoms. The second kappa shape index (κ2) is 9.93. The summed E-state index contributed by atoms with van der Waals surface area (Å²) in [6.45, 7) is 12.6. The lowest BCUT2D eigenvalue weighted by Crippen LogP contribution is -2.58. The van der Waals surface area contributed by atoms with Gasteiger partial charge in [0.05, 0.1) is 6.10 Å². The maximum Gasteiger partial charge on any atom is 0.404 e. The van der Waals surface area contributed by atoms with Gasteiger partial charge in [-0.3, -0.25) is 4.90 Å². The Kier molecular flexibility index (Phi) is 8.44.